The fourth-order valence-electron chi connectivity index (χ4n) is 6.44. The Morgan fingerprint density at radius 2 is 0.712 bits per heavy atom. The van der Waals surface area contributed by atoms with Crippen molar-refractivity contribution in [1.29, 1.82) is 0 Å². The molecule has 0 amide bonds. The van der Waals surface area contributed by atoms with E-state index in [1.165, 1.54) is 76.2 Å². The molecule has 0 N–H and O–H groups in total. The second-order valence-electron chi connectivity index (χ2n) is 12.6. The molecule has 0 radical (unpaired) electrons. The van der Waals surface area contributed by atoms with Crippen LogP contribution in [0.3, 0.4) is 0 Å². The normalized spacial score (nSPS) is 12.3. The van der Waals surface area contributed by atoms with E-state index in [0.29, 0.717) is 0 Å². The van der Waals surface area contributed by atoms with Crippen LogP contribution in [-0.4, -0.2) is 0 Å². The third kappa shape index (κ3) is 7.80. The van der Waals surface area contributed by atoms with Crippen LogP contribution in [-0.2, 0) is 0 Å². The molecule has 0 atom stereocenters. The lowest BCUT2D eigenvalue weighted by molar-refractivity contribution is 1.59. The van der Waals surface area contributed by atoms with E-state index in [1.807, 2.05) is 0 Å². The third-order valence-corrected chi connectivity index (χ3v) is 10.9. The van der Waals surface area contributed by atoms with Crippen LogP contribution in [0.4, 0.5) is 0 Å². The standard InChI is InChI=1S/C50H36S2/c1-3-11-41(12-4-1)47(49-17-9-33-51-49)35-39-23-19-37(20-24-39)27-29-43-31-32-44(46-16-8-7-15-45(43)46)30-28-38-21-25-40(26-22-38)36-48(50-18-10-34-52-50)42-13-5-2-6-14-42/h1-36H/b29-27-,30-28-,47-35-,48-36-. The summed E-state index contributed by atoms with van der Waals surface area (Å²) in [5.74, 6) is 0. The summed E-state index contributed by atoms with van der Waals surface area (Å²) >= 11 is 3.55. The topological polar surface area (TPSA) is 0 Å². The van der Waals surface area contributed by atoms with E-state index in [1.54, 1.807) is 22.7 Å². The molecule has 248 valence electrons. The summed E-state index contributed by atoms with van der Waals surface area (Å²) in [6.45, 7) is 0. The van der Waals surface area contributed by atoms with Crippen molar-refractivity contribution in [2.45, 2.75) is 0 Å². The number of hydrogen-bond donors (Lipinski definition) is 0. The van der Waals surface area contributed by atoms with Gasteiger partial charge in [-0.05, 0) is 101 Å². The number of hydrogen-bond acceptors (Lipinski definition) is 2. The van der Waals surface area contributed by atoms with Gasteiger partial charge in [0.2, 0.25) is 0 Å². The molecule has 2 heterocycles. The van der Waals surface area contributed by atoms with Gasteiger partial charge in [-0.15, -0.1) is 22.7 Å². The lowest BCUT2D eigenvalue weighted by atomic mass is 9.97. The van der Waals surface area contributed by atoms with Gasteiger partial charge in [0.25, 0.3) is 0 Å². The molecule has 0 spiro atoms. The average molecular weight is 701 g/mol. The van der Waals surface area contributed by atoms with Crippen molar-refractivity contribution in [1.82, 2.24) is 0 Å². The van der Waals surface area contributed by atoms with Crippen LogP contribution in [0.15, 0.2) is 181 Å². The molecule has 0 saturated heterocycles. The zero-order chi connectivity index (χ0) is 35.0. The molecule has 52 heavy (non-hydrogen) atoms. The Balaban J connectivity index is 1.00. The van der Waals surface area contributed by atoms with Crippen LogP contribution in [0.2, 0.25) is 0 Å². The third-order valence-electron chi connectivity index (χ3n) is 9.14. The van der Waals surface area contributed by atoms with E-state index in [2.05, 4.69) is 217 Å². The summed E-state index contributed by atoms with van der Waals surface area (Å²) in [4.78, 5) is 2.54. The zero-order valence-electron chi connectivity index (χ0n) is 28.6. The number of rotatable bonds is 10. The Labute approximate surface area is 314 Å². The van der Waals surface area contributed by atoms with E-state index in [4.69, 9.17) is 0 Å². The summed E-state index contributed by atoms with van der Waals surface area (Å²) in [5, 5.41) is 6.76. The van der Waals surface area contributed by atoms with Crippen LogP contribution in [0.5, 0.6) is 0 Å². The summed E-state index contributed by atoms with van der Waals surface area (Å²) < 4.78 is 0. The van der Waals surface area contributed by atoms with Gasteiger partial charge in [0, 0.05) is 9.75 Å². The molecule has 8 rings (SSSR count). The molecule has 0 saturated carbocycles. The van der Waals surface area contributed by atoms with Crippen LogP contribution in [0.1, 0.15) is 54.3 Å². The monoisotopic (exact) mass is 700 g/mol. The van der Waals surface area contributed by atoms with Crippen LogP contribution in [0.25, 0.3) is 58.4 Å². The molecular weight excluding hydrogens is 665 g/mol. The smallest absolute Gasteiger partial charge is 0.0348 e. The van der Waals surface area contributed by atoms with Gasteiger partial charge in [0.15, 0.2) is 0 Å². The Bertz CT molecular complexity index is 2320. The van der Waals surface area contributed by atoms with Crippen molar-refractivity contribution in [3.05, 3.63) is 235 Å². The average Bonchev–Trinajstić information content (AvgIpc) is 3.95. The predicted octanol–water partition coefficient (Wildman–Crippen LogP) is 14.5. The Morgan fingerprint density at radius 3 is 1.10 bits per heavy atom. The molecule has 0 aliphatic carbocycles. The Kier molecular flexibility index (Phi) is 10.1. The summed E-state index contributed by atoms with van der Waals surface area (Å²) in [7, 11) is 0. The molecule has 0 aliphatic rings. The van der Waals surface area contributed by atoms with Crippen LogP contribution in [0, 0.1) is 0 Å². The van der Waals surface area contributed by atoms with Gasteiger partial charge in [-0.3, -0.25) is 0 Å². The molecule has 0 bridgehead atoms. The van der Waals surface area contributed by atoms with E-state index < -0.39 is 0 Å². The maximum absolute atomic E-state index is 2.29. The lowest BCUT2D eigenvalue weighted by Crippen LogP contribution is -1.85. The van der Waals surface area contributed by atoms with Gasteiger partial charge in [-0.2, -0.15) is 0 Å². The van der Waals surface area contributed by atoms with Crippen molar-refractivity contribution in [3.8, 4) is 0 Å². The van der Waals surface area contributed by atoms with Crippen LogP contribution < -0.4 is 0 Å². The second kappa shape index (κ2) is 15.9. The molecule has 8 aromatic rings. The van der Waals surface area contributed by atoms with Gasteiger partial charge in [-0.25, -0.2) is 0 Å². The minimum Gasteiger partial charge on any atom is -0.144 e. The summed E-state index contributed by atoms with van der Waals surface area (Å²) in [6, 6.07) is 60.6. The Hall–Kier alpha value is -6.06. The highest BCUT2D eigenvalue weighted by Crippen LogP contribution is 2.32. The van der Waals surface area contributed by atoms with Crippen molar-refractivity contribution in [2.24, 2.45) is 0 Å². The van der Waals surface area contributed by atoms with Crippen molar-refractivity contribution in [2.75, 3.05) is 0 Å². The number of thiophene rings is 2. The SMILES string of the molecule is C(=C/c1ccc(/C=C\c2ccc(/C=C(/c3ccccc3)c3cccs3)cc2)c2ccccc12)/c1ccc(/C=C(/c2ccccc2)c2cccs2)cc1. The van der Waals surface area contributed by atoms with Crippen molar-refractivity contribution >= 4 is 81.0 Å². The lowest BCUT2D eigenvalue weighted by Gasteiger charge is -2.08. The van der Waals surface area contributed by atoms with Crippen LogP contribution >= 0.6 is 22.7 Å². The van der Waals surface area contributed by atoms with Gasteiger partial charge >= 0.3 is 0 Å². The first kappa shape index (κ1) is 33.1. The highest BCUT2D eigenvalue weighted by Gasteiger charge is 2.08. The number of fused-ring (bicyclic) bond motifs is 1. The highest BCUT2D eigenvalue weighted by molar-refractivity contribution is 7.11. The van der Waals surface area contributed by atoms with E-state index >= 15 is 0 Å². The first-order chi connectivity index (χ1) is 25.8. The summed E-state index contributed by atoms with van der Waals surface area (Å²) in [6.07, 6.45) is 13.4. The minimum absolute atomic E-state index is 1.17. The molecule has 0 aliphatic heterocycles. The molecule has 0 fully saturated rings. The second-order valence-corrected chi connectivity index (χ2v) is 14.5. The summed E-state index contributed by atoms with van der Waals surface area (Å²) in [5.41, 5.74) is 12.1. The number of benzene rings is 6. The fourth-order valence-corrected chi connectivity index (χ4v) is 7.97. The molecule has 6 aromatic carbocycles. The Morgan fingerprint density at radius 1 is 0.327 bits per heavy atom. The first-order valence-corrected chi connectivity index (χ1v) is 19.2. The minimum atomic E-state index is 1.17. The molecule has 0 unspecified atom stereocenters. The van der Waals surface area contributed by atoms with Gasteiger partial charge < -0.3 is 0 Å². The highest BCUT2D eigenvalue weighted by atomic mass is 32.1. The predicted molar refractivity (Wildman–Crippen MR) is 230 cm³/mol. The van der Waals surface area contributed by atoms with Crippen molar-refractivity contribution < 1.29 is 0 Å². The zero-order valence-corrected chi connectivity index (χ0v) is 30.2. The van der Waals surface area contributed by atoms with E-state index in [9.17, 15) is 0 Å². The fraction of sp³-hybridized carbons (Fsp3) is 0. The quantitative estimate of drug-likeness (QED) is 0.125. The van der Waals surface area contributed by atoms with E-state index in [0.717, 1.165) is 0 Å². The maximum Gasteiger partial charge on any atom is 0.0348 e. The molecule has 2 aromatic heterocycles. The maximum atomic E-state index is 2.29. The largest absolute Gasteiger partial charge is 0.144 e. The molecule has 0 nitrogen and oxygen atoms in total. The molecule has 2 heteroatoms. The van der Waals surface area contributed by atoms with Gasteiger partial charge in [-0.1, -0.05) is 182 Å². The first-order valence-electron chi connectivity index (χ1n) is 17.5. The van der Waals surface area contributed by atoms with Gasteiger partial charge in [0.1, 0.15) is 0 Å². The molecular formula is C50H36S2. The van der Waals surface area contributed by atoms with E-state index in [-0.39, 0.29) is 0 Å². The van der Waals surface area contributed by atoms with Crippen molar-refractivity contribution in [3.63, 3.8) is 0 Å². The van der Waals surface area contributed by atoms with Gasteiger partial charge in [0.05, 0.1) is 0 Å².